The predicted molar refractivity (Wildman–Crippen MR) is 88.4 cm³/mol. The fourth-order valence-electron chi connectivity index (χ4n) is 2.01. The van der Waals surface area contributed by atoms with Crippen LogP contribution in [0.2, 0.25) is 0 Å². The van der Waals surface area contributed by atoms with Gasteiger partial charge >= 0.3 is 0 Å². The molecule has 0 fully saturated rings. The van der Waals surface area contributed by atoms with Gasteiger partial charge in [0.2, 0.25) is 0 Å². The maximum absolute atomic E-state index is 4.58. The molecule has 1 N–H and O–H groups in total. The van der Waals surface area contributed by atoms with Crippen LogP contribution >= 0.6 is 38.6 Å². The summed E-state index contributed by atoms with van der Waals surface area (Å²) in [5.74, 6) is 0. The highest BCUT2D eigenvalue weighted by atomic mass is 79.9. The van der Waals surface area contributed by atoms with Gasteiger partial charge in [-0.25, -0.2) is 4.98 Å². The van der Waals surface area contributed by atoms with Gasteiger partial charge in [-0.1, -0.05) is 6.92 Å². The number of hydrogen-bond acceptors (Lipinski definition) is 4. The van der Waals surface area contributed by atoms with Gasteiger partial charge in [-0.2, -0.15) is 0 Å². The third kappa shape index (κ3) is 4.67. The molecule has 0 spiro atoms. The molecule has 2 nitrogen and oxygen atoms in total. The lowest BCUT2D eigenvalue weighted by Crippen LogP contribution is -2.33. The average molecular weight is 359 g/mol. The van der Waals surface area contributed by atoms with Gasteiger partial charge in [-0.15, -0.1) is 22.7 Å². The van der Waals surface area contributed by atoms with E-state index in [0.717, 1.165) is 30.8 Å². The number of halogens is 1. The first-order valence-electron chi connectivity index (χ1n) is 6.55. The quantitative estimate of drug-likeness (QED) is 0.791. The Morgan fingerprint density at radius 1 is 1.37 bits per heavy atom. The highest BCUT2D eigenvalue weighted by Crippen LogP contribution is 2.24. The largest absolute Gasteiger partial charge is 0.313 e. The van der Waals surface area contributed by atoms with Crippen LogP contribution < -0.4 is 5.32 Å². The van der Waals surface area contributed by atoms with Crippen LogP contribution in [-0.4, -0.2) is 17.6 Å². The van der Waals surface area contributed by atoms with Gasteiger partial charge in [0.1, 0.15) is 0 Å². The second-order valence-electron chi connectivity index (χ2n) is 4.61. The van der Waals surface area contributed by atoms with E-state index in [-0.39, 0.29) is 0 Å². The van der Waals surface area contributed by atoms with Crippen LogP contribution in [0, 0.1) is 6.92 Å². The summed E-state index contributed by atoms with van der Waals surface area (Å²) in [5, 5.41) is 9.12. The van der Waals surface area contributed by atoms with Crippen molar-refractivity contribution in [2.24, 2.45) is 0 Å². The zero-order chi connectivity index (χ0) is 13.7. The van der Waals surface area contributed by atoms with Crippen LogP contribution in [0.1, 0.15) is 28.9 Å². The van der Waals surface area contributed by atoms with Gasteiger partial charge in [-0.05, 0) is 53.7 Å². The van der Waals surface area contributed by atoms with Crippen LogP contribution in [0.4, 0.5) is 0 Å². The second kappa shape index (κ2) is 7.53. The minimum Gasteiger partial charge on any atom is -0.313 e. The first-order valence-corrected chi connectivity index (χ1v) is 9.10. The van der Waals surface area contributed by atoms with Crippen molar-refractivity contribution in [2.45, 2.75) is 39.2 Å². The molecule has 0 aliphatic rings. The number of aryl methyl sites for hydroxylation is 1. The molecule has 2 heterocycles. The maximum atomic E-state index is 4.58. The number of nitrogens with zero attached hydrogens (tertiary/aromatic N) is 1. The molecule has 104 valence electrons. The van der Waals surface area contributed by atoms with E-state index < -0.39 is 0 Å². The van der Waals surface area contributed by atoms with E-state index in [1.807, 2.05) is 11.3 Å². The van der Waals surface area contributed by atoms with Crippen LogP contribution in [0.3, 0.4) is 0 Å². The predicted octanol–water partition coefficient (Wildman–Crippen LogP) is 4.43. The SMILES string of the molecule is CCCNC(Cc1csc(C)n1)Cc1sccc1Br. The van der Waals surface area contributed by atoms with Gasteiger partial charge in [0.25, 0.3) is 0 Å². The fourth-order valence-corrected chi connectivity index (χ4v) is 4.24. The molecular formula is C14H19BrN2S2. The van der Waals surface area contributed by atoms with Gasteiger partial charge < -0.3 is 5.32 Å². The molecule has 5 heteroatoms. The van der Waals surface area contributed by atoms with Gasteiger partial charge in [-0.3, -0.25) is 0 Å². The third-order valence-electron chi connectivity index (χ3n) is 2.93. The average Bonchev–Trinajstić information content (AvgIpc) is 2.96. The molecule has 2 aromatic heterocycles. The monoisotopic (exact) mass is 358 g/mol. The molecule has 0 aliphatic heterocycles. The fraction of sp³-hybridized carbons (Fsp3) is 0.500. The minimum absolute atomic E-state index is 0.469. The van der Waals surface area contributed by atoms with E-state index in [2.05, 4.69) is 56.9 Å². The summed E-state index contributed by atoms with van der Waals surface area (Å²) in [4.78, 5) is 6.00. The Kier molecular flexibility index (Phi) is 6.01. The first kappa shape index (κ1) is 15.2. The van der Waals surface area contributed by atoms with Gasteiger partial charge in [0.05, 0.1) is 10.7 Å². The summed E-state index contributed by atoms with van der Waals surface area (Å²) < 4.78 is 1.23. The van der Waals surface area contributed by atoms with Crippen LogP contribution in [0.25, 0.3) is 0 Å². The zero-order valence-corrected chi connectivity index (χ0v) is 14.5. The number of rotatable bonds is 7. The van der Waals surface area contributed by atoms with E-state index in [0.29, 0.717) is 6.04 Å². The Morgan fingerprint density at radius 3 is 2.79 bits per heavy atom. The lowest BCUT2D eigenvalue weighted by Gasteiger charge is -2.17. The van der Waals surface area contributed by atoms with Gasteiger partial charge in [0, 0.05) is 27.2 Å². The zero-order valence-electron chi connectivity index (χ0n) is 11.3. The number of thiophene rings is 1. The summed E-state index contributed by atoms with van der Waals surface area (Å²) in [5.41, 5.74) is 1.21. The van der Waals surface area contributed by atoms with Crippen molar-refractivity contribution < 1.29 is 0 Å². The molecule has 19 heavy (non-hydrogen) atoms. The third-order valence-corrected chi connectivity index (χ3v) is 5.70. The van der Waals surface area contributed by atoms with Crippen LogP contribution in [0.5, 0.6) is 0 Å². The summed E-state index contributed by atoms with van der Waals surface area (Å²) in [6.45, 7) is 5.34. The number of nitrogens with one attached hydrogen (secondary N) is 1. The molecule has 0 saturated carbocycles. The molecule has 2 rings (SSSR count). The molecule has 0 aliphatic carbocycles. The van der Waals surface area contributed by atoms with Crippen molar-refractivity contribution in [3.8, 4) is 0 Å². The standard InChI is InChI=1S/C14H19BrN2S2/c1-3-5-16-11(7-12-9-19-10(2)17-12)8-14-13(15)4-6-18-14/h4,6,9,11,16H,3,5,7-8H2,1-2H3. The summed E-state index contributed by atoms with van der Waals surface area (Å²) in [6, 6.07) is 2.60. The molecule has 0 aromatic carbocycles. The highest BCUT2D eigenvalue weighted by molar-refractivity contribution is 9.10. The first-order chi connectivity index (χ1) is 9.19. The number of thiazole rings is 1. The van der Waals surface area contributed by atoms with E-state index >= 15 is 0 Å². The number of hydrogen-bond donors (Lipinski definition) is 1. The summed E-state index contributed by atoms with van der Waals surface area (Å²) in [7, 11) is 0. The molecule has 1 atom stereocenters. The Morgan fingerprint density at radius 2 is 2.21 bits per heavy atom. The van der Waals surface area contributed by atoms with Crippen molar-refractivity contribution in [2.75, 3.05) is 6.54 Å². The van der Waals surface area contributed by atoms with Crippen molar-refractivity contribution in [3.63, 3.8) is 0 Å². The second-order valence-corrected chi connectivity index (χ2v) is 7.53. The van der Waals surface area contributed by atoms with Crippen molar-refractivity contribution in [1.29, 1.82) is 0 Å². The molecule has 2 aromatic rings. The Labute approximate surface area is 131 Å². The van der Waals surface area contributed by atoms with Gasteiger partial charge in [0.15, 0.2) is 0 Å². The molecule has 0 bridgehead atoms. The van der Waals surface area contributed by atoms with E-state index in [4.69, 9.17) is 0 Å². The van der Waals surface area contributed by atoms with E-state index in [1.165, 1.54) is 15.0 Å². The van der Waals surface area contributed by atoms with Crippen molar-refractivity contribution in [3.05, 3.63) is 36.9 Å². The Balaban J connectivity index is 2.01. The lowest BCUT2D eigenvalue weighted by molar-refractivity contribution is 0.503. The van der Waals surface area contributed by atoms with Crippen molar-refractivity contribution >= 4 is 38.6 Å². The number of aromatic nitrogens is 1. The normalized spacial score (nSPS) is 12.8. The van der Waals surface area contributed by atoms with E-state index in [9.17, 15) is 0 Å². The minimum atomic E-state index is 0.469. The highest BCUT2D eigenvalue weighted by Gasteiger charge is 2.14. The topological polar surface area (TPSA) is 24.9 Å². The smallest absolute Gasteiger partial charge is 0.0897 e. The molecule has 1 unspecified atom stereocenters. The van der Waals surface area contributed by atoms with Crippen molar-refractivity contribution in [1.82, 2.24) is 10.3 Å². The van der Waals surface area contributed by atoms with Crippen LogP contribution in [-0.2, 0) is 12.8 Å². The maximum Gasteiger partial charge on any atom is 0.0897 e. The summed E-state index contributed by atoms with van der Waals surface area (Å²) >= 11 is 7.18. The Hall–Kier alpha value is -0.230. The lowest BCUT2D eigenvalue weighted by atomic mass is 10.1. The molecule has 0 radical (unpaired) electrons. The Bertz CT molecular complexity index is 507. The van der Waals surface area contributed by atoms with Crippen LogP contribution in [0.15, 0.2) is 21.3 Å². The molecular weight excluding hydrogens is 340 g/mol. The summed E-state index contributed by atoms with van der Waals surface area (Å²) in [6.07, 6.45) is 3.24. The van der Waals surface area contributed by atoms with E-state index in [1.54, 1.807) is 11.3 Å². The molecule has 0 saturated heterocycles. The molecule has 0 amide bonds.